The number of nitrogens with zero attached hydrogens (tertiary/aromatic N) is 2. The van der Waals surface area contributed by atoms with E-state index in [4.69, 9.17) is 22.5 Å². The molecule has 1 fully saturated rings. The number of rotatable bonds is 2. The zero-order chi connectivity index (χ0) is 12.4. The summed E-state index contributed by atoms with van der Waals surface area (Å²) in [6.45, 7) is 3.13. The Hall–Kier alpha value is -1.43. The Kier molecular flexibility index (Phi) is 3.42. The molecule has 0 spiro atoms. The summed E-state index contributed by atoms with van der Waals surface area (Å²) in [5, 5.41) is 3.71. The molecule has 0 aromatic carbocycles. The van der Waals surface area contributed by atoms with Gasteiger partial charge in [-0.1, -0.05) is 17.4 Å². The number of aryl methyl sites for hydroxylation is 1. The molecule has 5 nitrogen and oxygen atoms in total. The van der Waals surface area contributed by atoms with Crippen LogP contribution in [0.15, 0.2) is 10.6 Å². The van der Waals surface area contributed by atoms with Gasteiger partial charge in [0.2, 0.25) is 5.76 Å². The standard InChI is InChI=1S/C11H15N3O2S/c1-7-6-9(16-13-7)11(15)14-4-2-8(3-5-14)10(12)17/h6,8H,2-5H2,1H3,(H2,12,17). The predicted octanol–water partition coefficient (Wildman–Crippen LogP) is 1.12. The van der Waals surface area contributed by atoms with Crippen LogP contribution in [0.2, 0.25) is 0 Å². The van der Waals surface area contributed by atoms with E-state index in [1.165, 1.54) is 0 Å². The monoisotopic (exact) mass is 253 g/mol. The quantitative estimate of drug-likeness (QED) is 0.800. The van der Waals surface area contributed by atoms with Gasteiger partial charge >= 0.3 is 0 Å². The minimum absolute atomic E-state index is 0.105. The van der Waals surface area contributed by atoms with Gasteiger partial charge < -0.3 is 15.2 Å². The first-order valence-corrected chi connectivity index (χ1v) is 6.00. The van der Waals surface area contributed by atoms with Crippen LogP contribution in [0.5, 0.6) is 0 Å². The fraction of sp³-hybridized carbons (Fsp3) is 0.545. The number of amides is 1. The van der Waals surface area contributed by atoms with Crippen molar-refractivity contribution in [3.63, 3.8) is 0 Å². The van der Waals surface area contributed by atoms with Crippen LogP contribution in [0.1, 0.15) is 29.1 Å². The molecule has 2 N–H and O–H groups in total. The highest BCUT2D eigenvalue weighted by molar-refractivity contribution is 7.80. The summed E-state index contributed by atoms with van der Waals surface area (Å²) in [5.41, 5.74) is 6.32. The van der Waals surface area contributed by atoms with Gasteiger partial charge in [-0.3, -0.25) is 4.79 Å². The van der Waals surface area contributed by atoms with Crippen LogP contribution >= 0.6 is 12.2 Å². The third kappa shape index (κ3) is 2.63. The lowest BCUT2D eigenvalue weighted by molar-refractivity contribution is 0.0668. The molecule has 0 radical (unpaired) electrons. The predicted molar refractivity (Wildman–Crippen MR) is 66.7 cm³/mol. The summed E-state index contributed by atoms with van der Waals surface area (Å²) in [5.74, 6) is 0.453. The van der Waals surface area contributed by atoms with E-state index in [1.807, 2.05) is 0 Å². The summed E-state index contributed by atoms with van der Waals surface area (Å²) in [6.07, 6.45) is 1.66. The maximum atomic E-state index is 12.0. The lowest BCUT2D eigenvalue weighted by Gasteiger charge is -2.30. The Labute approximate surface area is 105 Å². The number of aromatic nitrogens is 1. The maximum absolute atomic E-state index is 12.0. The lowest BCUT2D eigenvalue weighted by Crippen LogP contribution is -2.41. The maximum Gasteiger partial charge on any atom is 0.292 e. The highest BCUT2D eigenvalue weighted by Crippen LogP contribution is 2.19. The van der Waals surface area contributed by atoms with Crippen molar-refractivity contribution in [2.45, 2.75) is 19.8 Å². The van der Waals surface area contributed by atoms with Crippen LogP contribution in [0, 0.1) is 12.8 Å². The van der Waals surface area contributed by atoms with E-state index in [9.17, 15) is 4.79 Å². The van der Waals surface area contributed by atoms with Crippen LogP contribution < -0.4 is 5.73 Å². The van der Waals surface area contributed by atoms with Crippen molar-refractivity contribution in [3.8, 4) is 0 Å². The van der Waals surface area contributed by atoms with Crippen molar-refractivity contribution >= 4 is 23.1 Å². The normalized spacial score (nSPS) is 17.1. The molecule has 1 amide bonds. The van der Waals surface area contributed by atoms with Crippen LogP contribution in [0.4, 0.5) is 0 Å². The second kappa shape index (κ2) is 4.83. The smallest absolute Gasteiger partial charge is 0.292 e. The zero-order valence-electron chi connectivity index (χ0n) is 9.68. The first kappa shape index (κ1) is 12.0. The Morgan fingerprint density at radius 2 is 2.24 bits per heavy atom. The molecule has 1 aliphatic heterocycles. The first-order valence-electron chi connectivity index (χ1n) is 5.60. The number of hydrogen-bond donors (Lipinski definition) is 1. The molecule has 0 bridgehead atoms. The fourth-order valence-corrected chi connectivity index (χ4v) is 2.22. The van der Waals surface area contributed by atoms with Gasteiger partial charge in [-0.25, -0.2) is 0 Å². The third-order valence-electron chi connectivity index (χ3n) is 3.02. The number of piperidine rings is 1. The van der Waals surface area contributed by atoms with Crippen LogP contribution in [-0.2, 0) is 0 Å². The fourth-order valence-electron chi connectivity index (χ4n) is 1.99. The minimum atomic E-state index is -0.105. The molecule has 0 atom stereocenters. The first-order chi connectivity index (χ1) is 8.08. The molecule has 92 valence electrons. The molecule has 1 aliphatic rings. The average molecular weight is 253 g/mol. The van der Waals surface area contributed by atoms with Gasteiger partial charge in [-0.15, -0.1) is 0 Å². The van der Waals surface area contributed by atoms with E-state index >= 15 is 0 Å². The molecular weight excluding hydrogens is 238 g/mol. The number of likely N-dealkylation sites (tertiary alicyclic amines) is 1. The molecular formula is C11H15N3O2S. The highest BCUT2D eigenvalue weighted by atomic mass is 32.1. The van der Waals surface area contributed by atoms with Crippen molar-refractivity contribution in [2.75, 3.05) is 13.1 Å². The van der Waals surface area contributed by atoms with Crippen LogP contribution in [-0.4, -0.2) is 34.0 Å². The van der Waals surface area contributed by atoms with E-state index in [-0.39, 0.29) is 11.8 Å². The molecule has 6 heteroatoms. The second-order valence-electron chi connectivity index (χ2n) is 4.30. The van der Waals surface area contributed by atoms with E-state index in [1.54, 1.807) is 17.9 Å². The molecule has 1 saturated heterocycles. The number of carbonyl (C=O) groups is 1. The summed E-state index contributed by atoms with van der Waals surface area (Å²) < 4.78 is 4.96. The van der Waals surface area contributed by atoms with Gasteiger partial charge in [0.25, 0.3) is 5.91 Å². The van der Waals surface area contributed by atoms with Crippen LogP contribution in [0.25, 0.3) is 0 Å². The molecule has 0 unspecified atom stereocenters. The Morgan fingerprint density at radius 1 is 1.59 bits per heavy atom. The van der Waals surface area contributed by atoms with Gasteiger partial charge in [0.15, 0.2) is 0 Å². The van der Waals surface area contributed by atoms with Crippen LogP contribution in [0.3, 0.4) is 0 Å². The Balaban J connectivity index is 1.97. The van der Waals surface area contributed by atoms with E-state index in [0.29, 0.717) is 29.5 Å². The molecule has 2 rings (SSSR count). The zero-order valence-corrected chi connectivity index (χ0v) is 10.5. The van der Waals surface area contributed by atoms with Gasteiger partial charge in [0.1, 0.15) is 0 Å². The van der Waals surface area contributed by atoms with Crippen molar-refractivity contribution in [2.24, 2.45) is 11.7 Å². The van der Waals surface area contributed by atoms with Gasteiger partial charge in [0, 0.05) is 25.1 Å². The number of thiocarbonyl (C=S) groups is 1. The van der Waals surface area contributed by atoms with E-state index < -0.39 is 0 Å². The summed E-state index contributed by atoms with van der Waals surface area (Å²) in [7, 11) is 0. The summed E-state index contributed by atoms with van der Waals surface area (Å²) in [6, 6.07) is 1.65. The van der Waals surface area contributed by atoms with Crippen molar-refractivity contribution in [3.05, 3.63) is 17.5 Å². The minimum Gasteiger partial charge on any atom is -0.393 e. The molecule has 17 heavy (non-hydrogen) atoms. The van der Waals surface area contributed by atoms with Crippen molar-refractivity contribution < 1.29 is 9.32 Å². The van der Waals surface area contributed by atoms with E-state index in [2.05, 4.69) is 5.16 Å². The van der Waals surface area contributed by atoms with E-state index in [0.717, 1.165) is 12.8 Å². The van der Waals surface area contributed by atoms with Gasteiger partial charge in [-0.05, 0) is 19.8 Å². The average Bonchev–Trinajstić information content (AvgIpc) is 2.75. The Morgan fingerprint density at radius 3 is 2.71 bits per heavy atom. The number of nitrogens with two attached hydrogens (primary N) is 1. The van der Waals surface area contributed by atoms with Gasteiger partial charge in [-0.2, -0.15) is 0 Å². The van der Waals surface area contributed by atoms with Crippen molar-refractivity contribution in [1.82, 2.24) is 10.1 Å². The number of carbonyl (C=O) groups excluding carboxylic acids is 1. The molecule has 0 saturated carbocycles. The molecule has 1 aromatic heterocycles. The topological polar surface area (TPSA) is 72.4 Å². The summed E-state index contributed by atoms with van der Waals surface area (Å²) in [4.78, 5) is 14.3. The van der Waals surface area contributed by atoms with Crippen molar-refractivity contribution in [1.29, 1.82) is 0 Å². The molecule has 1 aromatic rings. The second-order valence-corrected chi connectivity index (χ2v) is 4.77. The molecule has 2 heterocycles. The largest absolute Gasteiger partial charge is 0.393 e. The summed E-state index contributed by atoms with van der Waals surface area (Å²) >= 11 is 4.96. The lowest BCUT2D eigenvalue weighted by atomic mass is 9.97. The number of hydrogen-bond acceptors (Lipinski definition) is 4. The molecule has 0 aliphatic carbocycles. The SMILES string of the molecule is Cc1cc(C(=O)N2CCC(C(N)=S)CC2)on1. The third-order valence-corrected chi connectivity index (χ3v) is 3.36. The highest BCUT2D eigenvalue weighted by Gasteiger charge is 2.26. The van der Waals surface area contributed by atoms with Gasteiger partial charge in [0.05, 0.1) is 10.7 Å². The Bertz CT molecular complexity index is 436.